The smallest absolute Gasteiger partial charge is 0.259 e. The minimum atomic E-state index is -0.385. The van der Waals surface area contributed by atoms with Crippen LogP contribution in [-0.4, -0.2) is 70.6 Å². The van der Waals surface area contributed by atoms with Crippen LogP contribution in [0.2, 0.25) is 0 Å². The van der Waals surface area contributed by atoms with Crippen molar-refractivity contribution in [2.45, 2.75) is 52.2 Å². The van der Waals surface area contributed by atoms with Gasteiger partial charge < -0.3 is 19.6 Å². The van der Waals surface area contributed by atoms with Crippen molar-refractivity contribution in [3.8, 4) is 17.7 Å². The number of hydrogen-bond donors (Lipinski definition) is 1. The van der Waals surface area contributed by atoms with E-state index >= 15 is 0 Å². The fourth-order valence-electron chi connectivity index (χ4n) is 3.96. The van der Waals surface area contributed by atoms with Gasteiger partial charge in [0.2, 0.25) is 11.8 Å². The van der Waals surface area contributed by atoms with Crippen molar-refractivity contribution in [3.05, 3.63) is 59.3 Å². The molecule has 35 heavy (non-hydrogen) atoms. The van der Waals surface area contributed by atoms with E-state index in [2.05, 4.69) is 23.7 Å². The van der Waals surface area contributed by atoms with Crippen LogP contribution in [0.3, 0.4) is 0 Å². The van der Waals surface area contributed by atoms with Crippen LogP contribution < -0.4 is 4.74 Å². The number of carbonyl (C=O) groups excluding carboxylic acids is 2. The number of aliphatic hydroxyl groups excluding tert-OH is 1. The van der Waals surface area contributed by atoms with Gasteiger partial charge in [-0.15, -0.1) is 0 Å². The summed E-state index contributed by atoms with van der Waals surface area (Å²) in [5, 5.41) is 9.81. The molecule has 186 valence electrons. The summed E-state index contributed by atoms with van der Waals surface area (Å²) in [7, 11) is 1.76. The van der Waals surface area contributed by atoms with E-state index in [1.165, 1.54) is 0 Å². The molecule has 2 aromatic rings. The maximum absolute atomic E-state index is 13.4. The molecule has 7 nitrogen and oxygen atoms in total. The quantitative estimate of drug-likeness (QED) is 0.620. The third-order valence-corrected chi connectivity index (χ3v) is 6.21. The van der Waals surface area contributed by atoms with Crippen molar-refractivity contribution in [2.75, 3.05) is 26.7 Å². The standard InChI is InChI=1S/C28H35N3O4/c1-5-6-8-13-23-14-24-27(29-16-23)35-25(20(2)17-31(28(24)34)21(3)19-32)18-30(4)26(33)15-22-11-9-7-10-12-22/h7,9-12,14,16,20-21,25,32H,5-6,15,17-19H2,1-4H3/t20-,21+,25+/m0/s1. The van der Waals surface area contributed by atoms with Crippen LogP contribution in [0.5, 0.6) is 5.88 Å². The van der Waals surface area contributed by atoms with E-state index in [0.29, 0.717) is 30.6 Å². The van der Waals surface area contributed by atoms with Crippen molar-refractivity contribution < 1.29 is 19.4 Å². The van der Waals surface area contributed by atoms with E-state index in [1.54, 1.807) is 29.1 Å². The predicted molar refractivity (Wildman–Crippen MR) is 135 cm³/mol. The van der Waals surface area contributed by atoms with Crippen molar-refractivity contribution in [1.29, 1.82) is 0 Å². The topological polar surface area (TPSA) is 83.0 Å². The summed E-state index contributed by atoms with van der Waals surface area (Å²) >= 11 is 0. The van der Waals surface area contributed by atoms with Gasteiger partial charge in [-0.2, -0.15) is 0 Å². The Morgan fingerprint density at radius 3 is 2.77 bits per heavy atom. The molecule has 0 aliphatic carbocycles. The number of aromatic nitrogens is 1. The molecule has 0 unspecified atom stereocenters. The van der Waals surface area contributed by atoms with Crippen LogP contribution in [0.25, 0.3) is 0 Å². The zero-order chi connectivity index (χ0) is 25.4. The van der Waals surface area contributed by atoms with Gasteiger partial charge in [0.15, 0.2) is 0 Å². The molecule has 1 aliphatic heterocycles. The Kier molecular flexibility index (Phi) is 9.27. The number of likely N-dealkylation sites (N-methyl/N-ethyl adjacent to an activating group) is 1. The summed E-state index contributed by atoms with van der Waals surface area (Å²) in [6.07, 6.45) is 3.25. The molecule has 0 saturated heterocycles. The Labute approximate surface area is 208 Å². The molecular weight excluding hydrogens is 442 g/mol. The molecule has 1 aromatic carbocycles. The number of unbranched alkanes of at least 4 members (excludes halogenated alkanes) is 1. The first-order valence-corrected chi connectivity index (χ1v) is 12.2. The van der Waals surface area contributed by atoms with E-state index in [-0.39, 0.29) is 42.4 Å². The van der Waals surface area contributed by atoms with Crippen LogP contribution in [0, 0.1) is 17.8 Å². The Bertz CT molecular complexity index is 1080. The van der Waals surface area contributed by atoms with Gasteiger partial charge in [0.1, 0.15) is 11.7 Å². The summed E-state index contributed by atoms with van der Waals surface area (Å²) in [5.74, 6) is 6.01. The van der Waals surface area contributed by atoms with Gasteiger partial charge in [0.05, 0.1) is 25.6 Å². The Hall–Kier alpha value is -3.37. The minimum absolute atomic E-state index is 0.0135. The molecule has 3 atom stereocenters. The van der Waals surface area contributed by atoms with Gasteiger partial charge in [-0.1, -0.05) is 56.0 Å². The van der Waals surface area contributed by atoms with E-state index in [4.69, 9.17) is 4.74 Å². The van der Waals surface area contributed by atoms with Gasteiger partial charge >= 0.3 is 0 Å². The van der Waals surface area contributed by atoms with Gasteiger partial charge in [-0.3, -0.25) is 9.59 Å². The molecule has 1 aromatic heterocycles. The molecule has 0 fully saturated rings. The van der Waals surface area contributed by atoms with Crippen LogP contribution in [0.15, 0.2) is 42.6 Å². The lowest BCUT2D eigenvalue weighted by atomic mass is 9.99. The Morgan fingerprint density at radius 2 is 2.09 bits per heavy atom. The van der Waals surface area contributed by atoms with E-state index in [9.17, 15) is 14.7 Å². The molecule has 0 spiro atoms. The number of nitrogens with zero attached hydrogens (tertiary/aromatic N) is 3. The van der Waals surface area contributed by atoms with Gasteiger partial charge in [0, 0.05) is 37.7 Å². The van der Waals surface area contributed by atoms with Crippen molar-refractivity contribution in [3.63, 3.8) is 0 Å². The van der Waals surface area contributed by atoms with Crippen LogP contribution in [0.1, 0.15) is 55.1 Å². The number of amides is 2. The lowest BCUT2D eigenvalue weighted by molar-refractivity contribution is -0.130. The summed E-state index contributed by atoms with van der Waals surface area (Å²) in [6, 6.07) is 11.0. The van der Waals surface area contributed by atoms with E-state index < -0.39 is 0 Å². The van der Waals surface area contributed by atoms with E-state index in [1.807, 2.05) is 44.2 Å². The second-order valence-corrected chi connectivity index (χ2v) is 9.19. The van der Waals surface area contributed by atoms with Gasteiger partial charge in [0.25, 0.3) is 5.91 Å². The normalized spacial score (nSPS) is 18.3. The van der Waals surface area contributed by atoms with Crippen molar-refractivity contribution in [1.82, 2.24) is 14.8 Å². The zero-order valence-electron chi connectivity index (χ0n) is 21.0. The lowest BCUT2D eigenvalue weighted by Crippen LogP contribution is -2.50. The number of hydrogen-bond acceptors (Lipinski definition) is 5. The summed E-state index contributed by atoms with van der Waals surface area (Å²) in [5.41, 5.74) is 1.92. The Balaban J connectivity index is 1.87. The molecule has 1 aliphatic rings. The monoisotopic (exact) mass is 477 g/mol. The summed E-state index contributed by atoms with van der Waals surface area (Å²) < 4.78 is 6.27. The van der Waals surface area contributed by atoms with Crippen LogP contribution in [0.4, 0.5) is 0 Å². The molecule has 2 heterocycles. The first kappa shape index (κ1) is 26.2. The number of pyridine rings is 1. The molecule has 1 N–H and O–H groups in total. The first-order valence-electron chi connectivity index (χ1n) is 12.2. The predicted octanol–water partition coefficient (Wildman–Crippen LogP) is 3.15. The minimum Gasteiger partial charge on any atom is -0.472 e. The highest BCUT2D eigenvalue weighted by molar-refractivity contribution is 5.97. The highest BCUT2D eigenvalue weighted by Crippen LogP contribution is 2.27. The maximum Gasteiger partial charge on any atom is 0.259 e. The van der Waals surface area contributed by atoms with Gasteiger partial charge in [-0.25, -0.2) is 4.98 Å². The molecule has 2 amide bonds. The number of fused-ring (bicyclic) bond motifs is 1. The van der Waals surface area contributed by atoms with Crippen LogP contribution in [-0.2, 0) is 11.2 Å². The van der Waals surface area contributed by atoms with Gasteiger partial charge in [-0.05, 0) is 25.0 Å². The summed E-state index contributed by atoms with van der Waals surface area (Å²) in [6.45, 7) is 6.44. The molecule has 0 radical (unpaired) electrons. The summed E-state index contributed by atoms with van der Waals surface area (Å²) in [4.78, 5) is 34.1. The number of aliphatic hydroxyl groups is 1. The lowest BCUT2D eigenvalue weighted by Gasteiger charge is -2.37. The SMILES string of the molecule is CCCC#Cc1cnc2c(c1)C(=O)N([C@H](C)CO)C[C@H](C)[C@@H](CN(C)C(=O)Cc1ccccc1)O2. The largest absolute Gasteiger partial charge is 0.472 e. The third kappa shape index (κ3) is 6.83. The number of benzene rings is 1. The molecule has 3 rings (SSSR count). The number of carbonyl (C=O) groups is 2. The zero-order valence-corrected chi connectivity index (χ0v) is 21.0. The first-order chi connectivity index (χ1) is 16.8. The maximum atomic E-state index is 13.4. The second-order valence-electron chi connectivity index (χ2n) is 9.19. The molecular formula is C28H35N3O4. The fraction of sp³-hybridized carbons (Fsp3) is 0.464. The average Bonchev–Trinajstić information content (AvgIpc) is 2.86. The highest BCUT2D eigenvalue weighted by atomic mass is 16.5. The third-order valence-electron chi connectivity index (χ3n) is 6.21. The molecule has 0 bridgehead atoms. The fourth-order valence-corrected chi connectivity index (χ4v) is 3.96. The number of rotatable bonds is 7. The van der Waals surface area contributed by atoms with E-state index in [0.717, 1.165) is 18.4 Å². The highest BCUT2D eigenvalue weighted by Gasteiger charge is 2.34. The Morgan fingerprint density at radius 1 is 1.34 bits per heavy atom. The average molecular weight is 478 g/mol. The molecule has 0 saturated carbocycles. The van der Waals surface area contributed by atoms with Crippen molar-refractivity contribution >= 4 is 11.8 Å². The molecule has 7 heteroatoms. The van der Waals surface area contributed by atoms with Crippen LogP contribution >= 0.6 is 0 Å². The second kappa shape index (κ2) is 12.4. The van der Waals surface area contributed by atoms with Crippen molar-refractivity contribution in [2.24, 2.45) is 5.92 Å². The number of ether oxygens (including phenoxy) is 1.